The van der Waals surface area contributed by atoms with Crippen LogP contribution < -0.4 is 26.0 Å². The lowest BCUT2D eigenvalue weighted by Gasteiger charge is -2.32. The van der Waals surface area contributed by atoms with Crippen LogP contribution in [-0.4, -0.2) is 60.2 Å². The molecule has 2 atom stereocenters. The van der Waals surface area contributed by atoms with E-state index < -0.39 is 35.0 Å². The van der Waals surface area contributed by atoms with Crippen molar-refractivity contribution in [1.29, 1.82) is 0 Å². The summed E-state index contributed by atoms with van der Waals surface area (Å²) in [6.45, 7) is 3.33. The lowest BCUT2D eigenvalue weighted by molar-refractivity contribution is -0.671. The topological polar surface area (TPSA) is 209 Å². The fourth-order valence-corrected chi connectivity index (χ4v) is 6.95. The molecule has 208 valence electrons. The predicted molar refractivity (Wildman–Crippen MR) is 148 cm³/mol. The van der Waals surface area contributed by atoms with Crippen molar-refractivity contribution in [2.24, 2.45) is 12.2 Å². The molecule has 0 saturated heterocycles. The number of aromatic nitrogens is 4. The highest BCUT2D eigenvalue weighted by molar-refractivity contribution is 8.07. The SMILES string of the molecule is C=CO/N=C(\C(=O)NC(C(=O)O)C1NC(C(=O)[O-])=C(Sc2nc(-c3cc[n+](C)cc3)cs2)CS1)c1nsc(N)n1. The number of carboxylic acid groups (broad SMARTS) is 2. The molecule has 40 heavy (non-hydrogen) atoms. The van der Waals surface area contributed by atoms with Crippen LogP contribution in [-0.2, 0) is 26.3 Å². The van der Waals surface area contributed by atoms with E-state index in [4.69, 9.17) is 10.6 Å². The van der Waals surface area contributed by atoms with E-state index in [9.17, 15) is 24.6 Å². The van der Waals surface area contributed by atoms with Crippen molar-refractivity contribution >= 4 is 75.1 Å². The van der Waals surface area contributed by atoms with Gasteiger partial charge in [0.25, 0.3) is 5.91 Å². The standard InChI is InChI=1S/C22H20N8O6S4/c1-3-36-28-14(16-27-21(23)40-29-16)17(31)25-15(20(34)35)18-26-13(19(32)33)12(9-37-18)39-22-24-11(8-38-22)10-4-6-30(2)7-5-10/h3-8,15,18,26H,1,9H2,2H3,(H4-,23,25,27,29,31,32,33,34,35)/b28-14-. The maximum absolute atomic E-state index is 12.9. The second-order valence-corrected chi connectivity index (χ2v) is 11.9. The van der Waals surface area contributed by atoms with Gasteiger partial charge in [0.15, 0.2) is 27.9 Å². The number of thioether (sulfide) groups is 2. The molecule has 0 aliphatic carbocycles. The first-order valence-electron chi connectivity index (χ1n) is 11.1. The molecular weight excluding hydrogens is 601 g/mol. The third kappa shape index (κ3) is 6.95. The molecule has 3 aromatic heterocycles. The third-order valence-electron chi connectivity index (χ3n) is 5.07. The smallest absolute Gasteiger partial charge is 0.329 e. The van der Waals surface area contributed by atoms with Crippen LogP contribution in [0.1, 0.15) is 5.82 Å². The zero-order valence-corrected chi connectivity index (χ0v) is 23.7. The quantitative estimate of drug-likeness (QED) is 0.0958. The minimum absolute atomic E-state index is 0.0485. The van der Waals surface area contributed by atoms with Crippen molar-refractivity contribution in [3.63, 3.8) is 0 Å². The van der Waals surface area contributed by atoms with E-state index in [-0.39, 0.29) is 22.4 Å². The molecular formula is C22H20N8O6S4. The van der Waals surface area contributed by atoms with Gasteiger partial charge in [-0.25, -0.2) is 14.3 Å². The van der Waals surface area contributed by atoms with Crippen molar-refractivity contribution in [2.45, 2.75) is 15.8 Å². The Morgan fingerprint density at radius 1 is 1.40 bits per heavy atom. The Hall–Kier alpha value is -4.00. The van der Waals surface area contributed by atoms with Gasteiger partial charge < -0.3 is 36.2 Å². The highest BCUT2D eigenvalue weighted by atomic mass is 32.2. The van der Waals surface area contributed by atoms with Gasteiger partial charge in [0.1, 0.15) is 18.7 Å². The normalized spacial score (nSPS) is 16.1. The van der Waals surface area contributed by atoms with E-state index in [1.807, 2.05) is 41.5 Å². The number of nitrogens with two attached hydrogens (primary N) is 1. The average Bonchev–Trinajstić information content (AvgIpc) is 3.57. The molecule has 3 aromatic rings. The maximum Gasteiger partial charge on any atom is 0.329 e. The Morgan fingerprint density at radius 2 is 2.15 bits per heavy atom. The Morgan fingerprint density at radius 3 is 2.77 bits per heavy atom. The molecule has 0 fully saturated rings. The first kappa shape index (κ1) is 29.0. The number of anilines is 1. The molecule has 18 heteroatoms. The minimum Gasteiger partial charge on any atom is -0.543 e. The molecule has 1 aliphatic rings. The number of aliphatic carboxylic acids is 2. The lowest BCUT2D eigenvalue weighted by atomic mass is 10.2. The molecule has 0 bridgehead atoms. The molecule has 5 N–H and O–H groups in total. The molecule has 1 amide bonds. The van der Waals surface area contributed by atoms with E-state index in [2.05, 4.69) is 36.7 Å². The van der Waals surface area contributed by atoms with Crippen LogP contribution in [0.15, 0.2) is 62.8 Å². The van der Waals surface area contributed by atoms with E-state index in [1.165, 1.54) is 11.3 Å². The second kappa shape index (κ2) is 12.9. The van der Waals surface area contributed by atoms with Crippen LogP contribution in [0.4, 0.5) is 5.13 Å². The van der Waals surface area contributed by atoms with E-state index in [0.717, 1.165) is 52.6 Å². The van der Waals surface area contributed by atoms with Gasteiger partial charge in [-0.2, -0.15) is 9.36 Å². The third-order valence-corrected chi connectivity index (χ3v) is 9.04. The maximum atomic E-state index is 12.9. The number of thiazole rings is 1. The van der Waals surface area contributed by atoms with Gasteiger partial charge in [0, 0.05) is 45.3 Å². The number of nitrogens with one attached hydrogen (secondary N) is 2. The first-order chi connectivity index (χ1) is 19.2. The molecule has 0 saturated carbocycles. The molecule has 14 nitrogen and oxygen atoms in total. The minimum atomic E-state index is -1.59. The highest BCUT2D eigenvalue weighted by Gasteiger charge is 2.36. The van der Waals surface area contributed by atoms with Gasteiger partial charge in [0.05, 0.1) is 17.4 Å². The van der Waals surface area contributed by atoms with Gasteiger partial charge in [-0.15, -0.1) is 23.1 Å². The number of rotatable bonds is 11. The summed E-state index contributed by atoms with van der Waals surface area (Å²) in [7, 11) is 1.90. The second-order valence-electron chi connectivity index (χ2n) is 7.77. The van der Waals surface area contributed by atoms with Crippen molar-refractivity contribution in [3.05, 3.63) is 59.2 Å². The van der Waals surface area contributed by atoms with Gasteiger partial charge in [-0.1, -0.05) is 23.5 Å². The Bertz CT molecular complexity index is 1500. The zero-order chi connectivity index (χ0) is 28.8. The van der Waals surface area contributed by atoms with Gasteiger partial charge in [0.2, 0.25) is 11.5 Å². The molecule has 4 rings (SSSR count). The monoisotopic (exact) mass is 620 g/mol. The number of oxime groups is 1. The van der Waals surface area contributed by atoms with Crippen LogP contribution in [0.3, 0.4) is 0 Å². The molecule has 2 unspecified atom stereocenters. The highest BCUT2D eigenvalue weighted by Crippen LogP contribution is 2.38. The van der Waals surface area contributed by atoms with Crippen LogP contribution in [0.2, 0.25) is 0 Å². The molecule has 1 aliphatic heterocycles. The number of pyridine rings is 1. The Balaban J connectivity index is 1.52. The largest absolute Gasteiger partial charge is 0.543 e. The number of hydrogen-bond acceptors (Lipinski definition) is 15. The fraction of sp³-hybridized carbons (Fsp3) is 0.182. The molecule has 0 radical (unpaired) electrons. The number of nitrogen functional groups attached to an aromatic ring is 1. The summed E-state index contributed by atoms with van der Waals surface area (Å²) in [5, 5.41) is 31.3. The molecule has 0 aromatic carbocycles. The number of aryl methyl sites for hydroxylation is 1. The average molecular weight is 621 g/mol. The summed E-state index contributed by atoms with van der Waals surface area (Å²) < 4.78 is 6.38. The summed E-state index contributed by atoms with van der Waals surface area (Å²) in [4.78, 5) is 50.6. The van der Waals surface area contributed by atoms with Crippen molar-refractivity contribution in [1.82, 2.24) is 25.0 Å². The number of amides is 1. The summed E-state index contributed by atoms with van der Waals surface area (Å²) >= 11 is 4.37. The number of nitrogens with zero attached hydrogens (tertiary/aromatic N) is 5. The summed E-state index contributed by atoms with van der Waals surface area (Å²) in [6.07, 6.45) is 4.72. The van der Waals surface area contributed by atoms with Crippen LogP contribution in [0.5, 0.6) is 0 Å². The van der Waals surface area contributed by atoms with Gasteiger partial charge >= 0.3 is 5.97 Å². The van der Waals surface area contributed by atoms with Crippen molar-refractivity contribution in [2.75, 3.05) is 11.5 Å². The fourth-order valence-electron chi connectivity index (χ4n) is 3.23. The molecule has 0 spiro atoms. The zero-order valence-electron chi connectivity index (χ0n) is 20.5. The van der Waals surface area contributed by atoms with Gasteiger partial charge in [-0.05, 0) is 0 Å². The van der Waals surface area contributed by atoms with Crippen LogP contribution in [0.25, 0.3) is 11.3 Å². The van der Waals surface area contributed by atoms with Crippen LogP contribution >= 0.6 is 46.4 Å². The summed E-state index contributed by atoms with van der Waals surface area (Å²) in [5.74, 6) is -4.01. The van der Waals surface area contributed by atoms with E-state index in [0.29, 0.717) is 9.24 Å². The number of hydrogen-bond donors (Lipinski definition) is 4. The van der Waals surface area contributed by atoms with Crippen LogP contribution in [0, 0.1) is 0 Å². The summed E-state index contributed by atoms with van der Waals surface area (Å²) in [5.41, 5.74) is 6.48. The number of carbonyl (C=O) groups excluding carboxylic acids is 2. The Kier molecular flexibility index (Phi) is 9.35. The number of carboxylic acids is 2. The van der Waals surface area contributed by atoms with E-state index >= 15 is 0 Å². The van der Waals surface area contributed by atoms with E-state index in [1.54, 1.807) is 0 Å². The Labute approximate surface area is 243 Å². The molecule has 4 heterocycles. The van der Waals surface area contributed by atoms with Gasteiger partial charge in [-0.3, -0.25) is 4.79 Å². The van der Waals surface area contributed by atoms with Crippen molar-refractivity contribution < 1.29 is 34.0 Å². The number of carbonyl (C=O) groups is 3. The summed E-state index contributed by atoms with van der Waals surface area (Å²) in [6, 6.07) is 2.24. The van der Waals surface area contributed by atoms with Crippen molar-refractivity contribution in [3.8, 4) is 11.3 Å². The lowest BCUT2D eigenvalue weighted by Crippen LogP contribution is -2.56. The first-order valence-corrected chi connectivity index (χ1v) is 14.6. The predicted octanol–water partition coefficient (Wildman–Crippen LogP) is -0.0818.